The van der Waals surface area contributed by atoms with Gasteiger partial charge in [-0.15, -0.1) is 11.3 Å². The average molecular weight is 430 g/mol. The predicted molar refractivity (Wildman–Crippen MR) is 111 cm³/mol. The first kappa shape index (κ1) is 18.8. The first-order valence-corrected chi connectivity index (χ1v) is 10.7. The summed E-state index contributed by atoms with van der Waals surface area (Å²) in [5.74, 6) is 1.28. The minimum Gasteiger partial charge on any atom is -0.481 e. The molecular formula is C21H20ClN3O3S. The van der Waals surface area contributed by atoms with Crippen LogP contribution in [0, 0.1) is 5.92 Å². The maximum absolute atomic E-state index is 13.9. The molecular weight excluding hydrogens is 410 g/mol. The number of likely N-dealkylation sites (tertiary alicyclic amines) is 1. The van der Waals surface area contributed by atoms with Crippen molar-refractivity contribution < 1.29 is 14.3 Å². The van der Waals surface area contributed by atoms with Gasteiger partial charge >= 0.3 is 0 Å². The monoisotopic (exact) mass is 429 g/mol. The molecule has 2 aromatic heterocycles. The van der Waals surface area contributed by atoms with Crippen LogP contribution in [0.15, 0.2) is 46.5 Å². The first-order chi connectivity index (χ1) is 14.0. The van der Waals surface area contributed by atoms with Crippen molar-refractivity contribution in [3.63, 3.8) is 0 Å². The maximum Gasteiger partial charge on any atom is 0.271 e. The van der Waals surface area contributed by atoms with Crippen molar-refractivity contribution in [3.8, 4) is 5.88 Å². The number of amides is 1. The zero-order valence-electron chi connectivity index (χ0n) is 16.1. The maximum atomic E-state index is 13.9. The molecule has 29 heavy (non-hydrogen) atoms. The van der Waals surface area contributed by atoms with Crippen molar-refractivity contribution >= 4 is 34.7 Å². The Balaban J connectivity index is 1.69. The zero-order chi connectivity index (χ0) is 20.2. The van der Waals surface area contributed by atoms with E-state index in [-0.39, 0.29) is 11.8 Å². The van der Waals surface area contributed by atoms with E-state index >= 15 is 0 Å². The van der Waals surface area contributed by atoms with E-state index in [4.69, 9.17) is 26.1 Å². The van der Waals surface area contributed by atoms with Gasteiger partial charge in [-0.3, -0.25) is 14.7 Å². The van der Waals surface area contributed by atoms with Gasteiger partial charge in [0.1, 0.15) is 5.84 Å². The molecule has 1 fully saturated rings. The number of rotatable bonds is 4. The molecule has 3 aliphatic heterocycles. The molecule has 6 nitrogen and oxygen atoms in total. The summed E-state index contributed by atoms with van der Waals surface area (Å²) >= 11 is 7.58. The Morgan fingerprint density at radius 2 is 2.24 bits per heavy atom. The number of amidine groups is 1. The van der Waals surface area contributed by atoms with E-state index in [9.17, 15) is 4.79 Å². The minimum atomic E-state index is -1.27. The Morgan fingerprint density at radius 1 is 1.38 bits per heavy atom. The molecule has 0 bridgehead atoms. The molecule has 1 saturated heterocycles. The number of carbonyl (C=O) groups is 1. The zero-order valence-corrected chi connectivity index (χ0v) is 17.7. The third-order valence-electron chi connectivity index (χ3n) is 5.73. The lowest BCUT2D eigenvalue weighted by molar-refractivity contribution is -0.148. The third-order valence-corrected chi connectivity index (χ3v) is 6.95. The molecule has 1 amide bonds. The molecule has 0 aromatic carbocycles. The van der Waals surface area contributed by atoms with Gasteiger partial charge in [0.15, 0.2) is 0 Å². The quantitative estimate of drug-likeness (QED) is 0.741. The number of carbonyl (C=O) groups excluding carboxylic acids is 1. The van der Waals surface area contributed by atoms with Gasteiger partial charge in [0.05, 0.1) is 30.3 Å². The standard InChI is InChI=1S/C21H20ClN3O3S/c1-12-10-23-19-18-14(12)8-9-28-21(18,15-4-3-5-17(24-15)27-2)20(26)25(19)11-13-6-7-16(22)29-13/h3-7,12H,8-11H2,1-2H3. The predicted octanol–water partition coefficient (Wildman–Crippen LogP) is 3.81. The van der Waals surface area contributed by atoms with Crippen LogP contribution in [0.5, 0.6) is 5.88 Å². The number of aliphatic imine (C=N–C) groups is 1. The van der Waals surface area contributed by atoms with Crippen molar-refractivity contribution in [1.82, 2.24) is 9.88 Å². The number of nitrogens with zero attached hydrogens (tertiary/aromatic N) is 3. The van der Waals surface area contributed by atoms with Crippen molar-refractivity contribution in [2.45, 2.75) is 25.5 Å². The van der Waals surface area contributed by atoms with Gasteiger partial charge in [0.2, 0.25) is 11.5 Å². The topological polar surface area (TPSA) is 64.0 Å². The highest BCUT2D eigenvalue weighted by molar-refractivity contribution is 7.16. The number of aromatic nitrogens is 1. The Hall–Kier alpha value is -2.22. The van der Waals surface area contributed by atoms with Gasteiger partial charge in [0.25, 0.3) is 5.91 Å². The molecule has 0 N–H and O–H groups in total. The van der Waals surface area contributed by atoms with E-state index < -0.39 is 5.60 Å². The number of hydrogen-bond acceptors (Lipinski definition) is 6. The van der Waals surface area contributed by atoms with E-state index in [1.165, 1.54) is 16.9 Å². The van der Waals surface area contributed by atoms with Gasteiger partial charge in [-0.1, -0.05) is 30.2 Å². The highest BCUT2D eigenvalue weighted by Crippen LogP contribution is 2.50. The summed E-state index contributed by atoms with van der Waals surface area (Å²) in [5.41, 5.74) is 1.39. The molecule has 8 heteroatoms. The molecule has 2 atom stereocenters. The first-order valence-electron chi connectivity index (χ1n) is 9.54. The summed E-state index contributed by atoms with van der Waals surface area (Å²) in [5, 5.41) is 0. The summed E-state index contributed by atoms with van der Waals surface area (Å²) < 4.78 is 12.3. The summed E-state index contributed by atoms with van der Waals surface area (Å²) in [6.45, 7) is 3.71. The van der Waals surface area contributed by atoms with Crippen LogP contribution in [-0.2, 0) is 21.7 Å². The Bertz CT molecular complexity index is 1060. The molecule has 0 spiro atoms. The highest BCUT2D eigenvalue weighted by atomic mass is 35.5. The highest BCUT2D eigenvalue weighted by Gasteiger charge is 2.61. The normalized spacial score (nSPS) is 25.9. The number of pyridine rings is 1. The lowest BCUT2D eigenvalue weighted by Crippen LogP contribution is -2.44. The summed E-state index contributed by atoms with van der Waals surface area (Å²) in [6, 6.07) is 9.23. The van der Waals surface area contributed by atoms with Crippen LogP contribution in [0.4, 0.5) is 0 Å². The van der Waals surface area contributed by atoms with Crippen LogP contribution in [0.3, 0.4) is 0 Å². The van der Waals surface area contributed by atoms with Gasteiger partial charge in [-0.05, 0) is 30.5 Å². The summed E-state index contributed by atoms with van der Waals surface area (Å²) in [7, 11) is 1.56. The fourth-order valence-corrected chi connectivity index (χ4v) is 5.47. The number of hydrogen-bond donors (Lipinski definition) is 0. The molecule has 2 aromatic rings. The lowest BCUT2D eigenvalue weighted by atomic mass is 9.79. The number of dihydropyridines is 1. The summed E-state index contributed by atoms with van der Waals surface area (Å²) in [6.07, 6.45) is 0.799. The number of halogens is 1. The van der Waals surface area contributed by atoms with E-state index in [1.54, 1.807) is 18.1 Å². The lowest BCUT2D eigenvalue weighted by Gasteiger charge is -2.36. The second kappa shape index (κ2) is 6.93. The number of thiophene rings is 1. The molecule has 3 aliphatic rings. The molecule has 5 rings (SSSR count). The third kappa shape index (κ3) is 2.75. The van der Waals surface area contributed by atoms with Crippen molar-refractivity contribution in [1.29, 1.82) is 0 Å². The van der Waals surface area contributed by atoms with Crippen molar-refractivity contribution in [3.05, 3.63) is 56.4 Å². The van der Waals surface area contributed by atoms with Gasteiger partial charge in [-0.2, -0.15) is 0 Å². The molecule has 2 unspecified atom stereocenters. The van der Waals surface area contributed by atoms with Gasteiger partial charge < -0.3 is 9.47 Å². The molecule has 0 saturated carbocycles. The fraction of sp³-hybridized carbons (Fsp3) is 0.381. The Kier molecular flexibility index (Phi) is 4.49. The molecule has 0 radical (unpaired) electrons. The van der Waals surface area contributed by atoms with Crippen LogP contribution < -0.4 is 4.74 Å². The van der Waals surface area contributed by atoms with E-state index in [0.717, 1.165) is 16.9 Å². The van der Waals surface area contributed by atoms with E-state index in [1.807, 2.05) is 24.3 Å². The second-order valence-corrected chi connectivity index (χ2v) is 9.21. The van der Waals surface area contributed by atoms with Gasteiger partial charge in [0, 0.05) is 23.1 Å². The Morgan fingerprint density at radius 3 is 3.00 bits per heavy atom. The smallest absolute Gasteiger partial charge is 0.271 e. The van der Waals surface area contributed by atoms with Crippen LogP contribution in [0.2, 0.25) is 4.34 Å². The fourth-order valence-electron chi connectivity index (χ4n) is 4.39. The average Bonchev–Trinajstić information content (AvgIpc) is 3.26. The number of ether oxygens (including phenoxy) is 2. The number of methoxy groups -OCH3 is 1. The molecule has 150 valence electrons. The van der Waals surface area contributed by atoms with Crippen LogP contribution in [0.25, 0.3) is 0 Å². The second-order valence-electron chi connectivity index (χ2n) is 7.41. The molecule has 0 aliphatic carbocycles. The van der Waals surface area contributed by atoms with Crippen LogP contribution in [0.1, 0.15) is 23.9 Å². The molecule has 5 heterocycles. The van der Waals surface area contributed by atoms with Crippen LogP contribution >= 0.6 is 22.9 Å². The summed E-state index contributed by atoms with van der Waals surface area (Å²) in [4.78, 5) is 26.0. The SMILES string of the molecule is COc1cccc(C23OCCC4=C2C(=NCC4C)N(Cc2ccc(Cl)s2)C3=O)n1. The van der Waals surface area contributed by atoms with E-state index in [2.05, 4.69) is 11.9 Å². The van der Waals surface area contributed by atoms with Crippen molar-refractivity contribution in [2.24, 2.45) is 10.9 Å². The van der Waals surface area contributed by atoms with E-state index in [0.29, 0.717) is 41.4 Å². The minimum absolute atomic E-state index is 0.150. The van der Waals surface area contributed by atoms with Gasteiger partial charge in [-0.25, -0.2) is 4.98 Å². The van der Waals surface area contributed by atoms with Crippen LogP contribution in [-0.4, -0.2) is 41.9 Å². The van der Waals surface area contributed by atoms with Crippen molar-refractivity contribution in [2.75, 3.05) is 20.3 Å². The Labute approximate surface area is 177 Å². The largest absolute Gasteiger partial charge is 0.481 e.